The van der Waals surface area contributed by atoms with E-state index in [9.17, 15) is 0 Å². The minimum Gasteiger partial charge on any atom is -0.493 e. The number of para-hydroxylation sites is 1. The third kappa shape index (κ3) is 6.13. The summed E-state index contributed by atoms with van der Waals surface area (Å²) in [6.45, 7) is 4.33. The van der Waals surface area contributed by atoms with Crippen molar-refractivity contribution in [2.24, 2.45) is 0 Å². The molecule has 0 unspecified atom stereocenters. The van der Waals surface area contributed by atoms with Crippen LogP contribution in [0.15, 0.2) is 87.3 Å². The van der Waals surface area contributed by atoms with Crippen molar-refractivity contribution < 1.29 is 23.0 Å². The molecule has 0 aliphatic carbocycles. The quantitative estimate of drug-likeness (QED) is 0.155. The molecule has 0 amide bonds. The van der Waals surface area contributed by atoms with Crippen molar-refractivity contribution in [1.82, 2.24) is 19.7 Å². The number of ether oxygens (including phenoxy) is 3. The number of hydrogen-bond donors (Lipinski definition) is 0. The van der Waals surface area contributed by atoms with E-state index in [0.29, 0.717) is 40.5 Å². The van der Waals surface area contributed by atoms with E-state index in [1.807, 2.05) is 90.8 Å². The topological polar surface area (TPSA) is 97.6 Å². The van der Waals surface area contributed by atoms with Crippen LogP contribution in [0.3, 0.4) is 0 Å². The van der Waals surface area contributed by atoms with Crippen molar-refractivity contribution >= 4 is 23.5 Å². The normalized spacial score (nSPS) is 11.3. The molecular weight excluding hydrogens is 552 g/mol. The Balaban J connectivity index is 1.17. The third-order valence-electron chi connectivity index (χ3n) is 6.36. The van der Waals surface area contributed by atoms with E-state index in [-0.39, 0.29) is 13.2 Å². The van der Waals surface area contributed by atoms with Gasteiger partial charge in [-0.15, -0.1) is 16.4 Å². The molecule has 0 N–H and O–H groups in total. The van der Waals surface area contributed by atoms with Gasteiger partial charge in [-0.1, -0.05) is 24.3 Å². The van der Waals surface area contributed by atoms with Crippen molar-refractivity contribution in [3.05, 3.63) is 112 Å². The van der Waals surface area contributed by atoms with Crippen LogP contribution in [-0.2, 0) is 13.2 Å². The Kier molecular flexibility index (Phi) is 7.87. The van der Waals surface area contributed by atoms with E-state index >= 15 is 0 Å². The van der Waals surface area contributed by atoms with Crippen LogP contribution in [0.5, 0.6) is 17.4 Å². The Morgan fingerprint density at radius 3 is 2.57 bits per heavy atom. The predicted molar refractivity (Wildman–Crippen MR) is 160 cm³/mol. The zero-order valence-electron chi connectivity index (χ0n) is 23.3. The lowest BCUT2D eigenvalue weighted by molar-refractivity contribution is 0.275. The molecule has 212 valence electrons. The first-order chi connectivity index (χ1) is 20.6. The molecule has 0 spiro atoms. The van der Waals surface area contributed by atoms with Crippen LogP contribution in [0.1, 0.15) is 33.3 Å². The molecule has 0 fully saturated rings. The molecule has 4 aromatic heterocycles. The molecule has 0 bridgehead atoms. The third-order valence-corrected chi connectivity index (χ3v) is 7.29. The summed E-state index contributed by atoms with van der Waals surface area (Å²) in [6.07, 6.45) is 7.47. The van der Waals surface area contributed by atoms with Gasteiger partial charge in [0.05, 0.1) is 24.6 Å². The van der Waals surface area contributed by atoms with E-state index < -0.39 is 0 Å². The number of hydrogen-bond acceptors (Lipinski definition) is 9. The SMILES string of the molecule is COc1cc(COc2nn(-c3ccccc3)cc2/C=C/c2nc(C)cs2)ccc1OCc1nc(-c2ccco2)oc1C. The molecule has 4 heterocycles. The van der Waals surface area contributed by atoms with Crippen molar-refractivity contribution in [3.63, 3.8) is 0 Å². The summed E-state index contributed by atoms with van der Waals surface area (Å²) >= 11 is 1.59. The van der Waals surface area contributed by atoms with Crippen LogP contribution >= 0.6 is 11.3 Å². The largest absolute Gasteiger partial charge is 0.493 e. The molecule has 0 radical (unpaired) electrons. The van der Waals surface area contributed by atoms with Gasteiger partial charge < -0.3 is 23.0 Å². The number of benzene rings is 2. The fraction of sp³-hybridized carbons (Fsp3) is 0.156. The molecule has 0 aliphatic heterocycles. The average Bonchev–Trinajstić information content (AvgIpc) is 3.82. The molecule has 6 rings (SSSR count). The Morgan fingerprint density at radius 2 is 1.81 bits per heavy atom. The minimum atomic E-state index is 0.216. The standard InChI is InChI=1S/C32H28N4O5S/c1-21-20-42-30(33-21)14-12-24-17-36(25-8-5-4-6-9-25)35-31(24)40-18-23-11-13-27(29(16-23)37-3)39-19-26-22(2)41-32(34-26)28-10-7-15-38-28/h4-17,20H,18-19H2,1-3H3/b14-12+. The second-order valence-corrected chi connectivity index (χ2v) is 10.3. The van der Waals surface area contributed by atoms with Crippen molar-refractivity contribution in [2.75, 3.05) is 7.11 Å². The number of aryl methyl sites for hydroxylation is 2. The second kappa shape index (κ2) is 12.2. The van der Waals surface area contributed by atoms with E-state index in [1.54, 1.807) is 36.8 Å². The van der Waals surface area contributed by atoms with Crippen molar-refractivity contribution in [2.45, 2.75) is 27.1 Å². The molecule has 0 aliphatic rings. The number of oxazole rings is 1. The van der Waals surface area contributed by atoms with Gasteiger partial charge in [-0.25, -0.2) is 14.6 Å². The zero-order valence-corrected chi connectivity index (χ0v) is 24.1. The monoisotopic (exact) mass is 580 g/mol. The average molecular weight is 581 g/mol. The van der Waals surface area contributed by atoms with Crippen molar-refractivity contribution in [1.29, 1.82) is 0 Å². The van der Waals surface area contributed by atoms with Crippen LogP contribution in [0.25, 0.3) is 29.5 Å². The Bertz CT molecular complexity index is 1800. The van der Waals surface area contributed by atoms with Gasteiger partial charge >= 0.3 is 0 Å². The Morgan fingerprint density at radius 1 is 0.929 bits per heavy atom. The number of nitrogens with zero attached hydrogens (tertiary/aromatic N) is 4. The first-order valence-electron chi connectivity index (χ1n) is 13.2. The van der Waals surface area contributed by atoms with Crippen LogP contribution in [0, 0.1) is 13.8 Å². The fourth-order valence-electron chi connectivity index (χ4n) is 4.21. The maximum absolute atomic E-state index is 6.21. The van der Waals surface area contributed by atoms with Gasteiger partial charge in [0.1, 0.15) is 29.7 Å². The van der Waals surface area contributed by atoms with Gasteiger partial charge in [0.2, 0.25) is 5.88 Å². The summed E-state index contributed by atoms with van der Waals surface area (Å²) in [6, 6.07) is 19.2. The molecule has 2 aromatic carbocycles. The number of thiazole rings is 1. The minimum absolute atomic E-state index is 0.216. The van der Waals surface area contributed by atoms with Gasteiger partial charge in [0, 0.05) is 17.3 Å². The maximum Gasteiger partial charge on any atom is 0.263 e. The maximum atomic E-state index is 6.21. The van der Waals surface area contributed by atoms with E-state index in [0.717, 1.165) is 27.5 Å². The highest BCUT2D eigenvalue weighted by Gasteiger charge is 2.16. The lowest BCUT2D eigenvalue weighted by Crippen LogP contribution is -2.02. The Hall–Kier alpha value is -5.09. The van der Waals surface area contributed by atoms with E-state index in [1.165, 1.54) is 0 Å². The first kappa shape index (κ1) is 27.1. The van der Waals surface area contributed by atoms with Crippen LogP contribution < -0.4 is 14.2 Å². The Labute approximate surface area is 246 Å². The molecule has 0 saturated heterocycles. The molecule has 42 heavy (non-hydrogen) atoms. The van der Waals surface area contributed by atoms with Crippen molar-refractivity contribution in [3.8, 4) is 34.7 Å². The molecule has 0 saturated carbocycles. The lowest BCUT2D eigenvalue weighted by Gasteiger charge is -2.12. The van der Waals surface area contributed by atoms with Crippen LogP contribution in [-0.4, -0.2) is 26.9 Å². The number of aromatic nitrogens is 4. The van der Waals surface area contributed by atoms with Gasteiger partial charge in [-0.3, -0.25) is 0 Å². The summed E-state index contributed by atoms with van der Waals surface area (Å²) in [5.74, 6) is 3.32. The molecule has 0 atom stereocenters. The lowest BCUT2D eigenvalue weighted by atomic mass is 10.2. The summed E-state index contributed by atoms with van der Waals surface area (Å²) in [5, 5.41) is 7.66. The molecule has 10 heteroatoms. The van der Waals surface area contributed by atoms with Crippen LogP contribution in [0.2, 0.25) is 0 Å². The highest BCUT2D eigenvalue weighted by atomic mass is 32.1. The van der Waals surface area contributed by atoms with Gasteiger partial charge in [-0.05, 0) is 68.0 Å². The summed E-state index contributed by atoms with van der Waals surface area (Å²) in [7, 11) is 1.61. The fourth-order valence-corrected chi connectivity index (χ4v) is 4.89. The second-order valence-electron chi connectivity index (χ2n) is 9.39. The van der Waals surface area contributed by atoms with E-state index in [2.05, 4.69) is 9.97 Å². The summed E-state index contributed by atoms with van der Waals surface area (Å²) in [5.41, 5.74) is 4.35. The zero-order chi connectivity index (χ0) is 28.9. The van der Waals surface area contributed by atoms with Gasteiger partial charge in [-0.2, -0.15) is 0 Å². The summed E-state index contributed by atoms with van der Waals surface area (Å²) < 4.78 is 30.8. The predicted octanol–water partition coefficient (Wildman–Crippen LogP) is 7.53. The van der Waals surface area contributed by atoms with Crippen LogP contribution in [0.4, 0.5) is 0 Å². The molecule has 6 aromatic rings. The molecule has 9 nitrogen and oxygen atoms in total. The smallest absolute Gasteiger partial charge is 0.263 e. The van der Waals surface area contributed by atoms with Gasteiger partial charge in [0.25, 0.3) is 5.89 Å². The number of methoxy groups -OCH3 is 1. The highest BCUT2D eigenvalue weighted by Crippen LogP contribution is 2.31. The van der Waals surface area contributed by atoms with Gasteiger partial charge in [0.15, 0.2) is 17.3 Å². The summed E-state index contributed by atoms with van der Waals surface area (Å²) in [4.78, 5) is 9.02. The number of rotatable bonds is 11. The highest BCUT2D eigenvalue weighted by molar-refractivity contribution is 7.10. The van der Waals surface area contributed by atoms with E-state index in [4.69, 9.17) is 28.1 Å². The molecular formula is C32H28N4O5S. The number of furan rings is 1. The first-order valence-corrected chi connectivity index (χ1v) is 14.1.